The summed E-state index contributed by atoms with van der Waals surface area (Å²) in [5, 5.41) is 11.0. The number of piperidine rings is 1. The van der Waals surface area contributed by atoms with Gasteiger partial charge in [-0.3, -0.25) is 4.79 Å². The number of alkyl halides is 3. The van der Waals surface area contributed by atoms with Gasteiger partial charge in [0, 0.05) is 29.9 Å². The van der Waals surface area contributed by atoms with Gasteiger partial charge in [0.05, 0.1) is 24.0 Å². The highest BCUT2D eigenvalue weighted by Crippen LogP contribution is 2.40. The van der Waals surface area contributed by atoms with E-state index in [2.05, 4.69) is 20.5 Å². The van der Waals surface area contributed by atoms with Crippen molar-refractivity contribution in [1.82, 2.24) is 20.1 Å². The number of amides is 1. The number of hydrogen-bond donors (Lipinski definition) is 1. The van der Waals surface area contributed by atoms with Crippen LogP contribution in [0.2, 0.25) is 0 Å². The van der Waals surface area contributed by atoms with Crippen molar-refractivity contribution in [1.29, 1.82) is 0 Å². The average molecular weight is 439 g/mol. The fourth-order valence-corrected chi connectivity index (χ4v) is 4.78. The number of aromatic nitrogens is 3. The first-order valence-electron chi connectivity index (χ1n) is 10.4. The first-order valence-corrected chi connectivity index (χ1v) is 10.4. The molecule has 0 radical (unpaired) electrons. The summed E-state index contributed by atoms with van der Waals surface area (Å²) in [5.41, 5.74) is 1.43. The molecule has 1 amide bonds. The molecule has 3 heterocycles. The molecule has 6 nitrogen and oxygen atoms in total. The first kappa shape index (κ1) is 20.4. The van der Waals surface area contributed by atoms with Gasteiger partial charge < -0.3 is 10.2 Å². The third-order valence-corrected chi connectivity index (χ3v) is 6.22. The Morgan fingerprint density at radius 1 is 1.03 bits per heavy atom. The van der Waals surface area contributed by atoms with Gasteiger partial charge in [-0.1, -0.05) is 18.2 Å². The Morgan fingerprint density at radius 2 is 1.88 bits per heavy atom. The summed E-state index contributed by atoms with van der Waals surface area (Å²) in [6.07, 6.45) is 1.35. The summed E-state index contributed by atoms with van der Waals surface area (Å²) < 4.78 is 38.4. The number of fused-ring (bicyclic) bond motifs is 2. The van der Waals surface area contributed by atoms with Crippen LogP contribution in [0.4, 0.5) is 19.0 Å². The lowest BCUT2D eigenvalue weighted by molar-refractivity contribution is -0.137. The number of pyridine rings is 1. The van der Waals surface area contributed by atoms with E-state index in [9.17, 15) is 18.0 Å². The van der Waals surface area contributed by atoms with Crippen molar-refractivity contribution in [3.05, 3.63) is 72.2 Å². The highest BCUT2D eigenvalue weighted by Gasteiger charge is 2.47. The van der Waals surface area contributed by atoms with Crippen LogP contribution in [-0.4, -0.2) is 44.6 Å². The van der Waals surface area contributed by atoms with Gasteiger partial charge in [-0.2, -0.15) is 23.4 Å². The zero-order valence-corrected chi connectivity index (χ0v) is 17.0. The van der Waals surface area contributed by atoms with Gasteiger partial charge in [-0.05, 0) is 48.6 Å². The number of carbonyl (C=O) groups excluding carboxylic acids is 1. The van der Waals surface area contributed by atoms with Crippen molar-refractivity contribution in [3.8, 4) is 11.1 Å². The Kier molecular flexibility index (Phi) is 5.03. The molecule has 2 aliphatic rings. The van der Waals surface area contributed by atoms with Crippen molar-refractivity contribution in [2.24, 2.45) is 5.92 Å². The van der Waals surface area contributed by atoms with E-state index in [4.69, 9.17) is 0 Å². The standard InChI is InChI=1S/C23H20F3N5O/c24-23(25,26)16-5-6-21(27-12-16)30-19-9-14-10-20(19)31(13-14)22(32)18-4-2-1-3-17(18)15-7-8-28-29-11-15/h1-8,11-12,14,19-20H,9-10,13H2,(H,27,30)/t14-,19-,20+/m1/s1. The fourth-order valence-electron chi connectivity index (χ4n) is 4.78. The quantitative estimate of drug-likeness (QED) is 0.657. The van der Waals surface area contributed by atoms with Crippen LogP contribution in [0.25, 0.3) is 11.1 Å². The van der Waals surface area contributed by atoms with Crippen molar-refractivity contribution in [2.45, 2.75) is 31.1 Å². The smallest absolute Gasteiger partial charge is 0.365 e. The number of carbonyl (C=O) groups is 1. The number of nitrogens with one attached hydrogen (secondary N) is 1. The van der Waals surface area contributed by atoms with E-state index in [1.165, 1.54) is 6.07 Å². The maximum absolute atomic E-state index is 13.5. The van der Waals surface area contributed by atoms with Gasteiger partial charge in [-0.15, -0.1) is 0 Å². The predicted octanol–water partition coefficient (Wildman–Crippen LogP) is 4.27. The Bertz CT molecular complexity index is 1120. The van der Waals surface area contributed by atoms with Gasteiger partial charge in [0.15, 0.2) is 0 Å². The first-order chi connectivity index (χ1) is 15.4. The van der Waals surface area contributed by atoms with Gasteiger partial charge >= 0.3 is 6.18 Å². The molecule has 9 heteroatoms. The molecule has 164 valence electrons. The number of halogens is 3. The Balaban J connectivity index is 1.35. The topological polar surface area (TPSA) is 71.0 Å². The average Bonchev–Trinajstić information content (AvgIpc) is 3.40. The van der Waals surface area contributed by atoms with Crippen LogP contribution in [0.3, 0.4) is 0 Å². The van der Waals surface area contributed by atoms with E-state index in [0.717, 1.165) is 36.2 Å². The second-order valence-corrected chi connectivity index (χ2v) is 8.22. The summed E-state index contributed by atoms with van der Waals surface area (Å²) in [6.45, 7) is 0.672. The van der Waals surface area contributed by atoms with Crippen LogP contribution in [0, 0.1) is 5.92 Å². The second-order valence-electron chi connectivity index (χ2n) is 8.22. The molecule has 3 aromatic rings. The van der Waals surface area contributed by atoms with E-state index in [1.807, 2.05) is 35.2 Å². The number of anilines is 1. The number of benzene rings is 1. The summed E-state index contributed by atoms with van der Waals surface area (Å²) >= 11 is 0. The molecule has 2 aromatic heterocycles. The minimum Gasteiger partial charge on any atom is -0.365 e. The Hall–Kier alpha value is -3.49. The van der Waals surface area contributed by atoms with Crippen LogP contribution in [0.15, 0.2) is 61.1 Å². The van der Waals surface area contributed by atoms with Crippen LogP contribution in [-0.2, 0) is 6.18 Å². The molecule has 2 bridgehead atoms. The van der Waals surface area contributed by atoms with Crippen molar-refractivity contribution in [3.63, 3.8) is 0 Å². The molecule has 2 fully saturated rings. The summed E-state index contributed by atoms with van der Waals surface area (Å²) in [5.74, 6) is 0.675. The molecule has 0 unspecified atom stereocenters. The molecule has 1 aliphatic carbocycles. The zero-order valence-electron chi connectivity index (χ0n) is 17.0. The third kappa shape index (κ3) is 3.79. The normalized spacial score (nSPS) is 22.2. The SMILES string of the molecule is O=C(c1ccccc1-c1ccnnc1)N1C[C@@H]2C[C@@H](Nc3ccc(C(F)(F)F)cn3)[C@@H]1C2. The molecule has 1 saturated carbocycles. The lowest BCUT2D eigenvalue weighted by atomic mass is 9.98. The molecular weight excluding hydrogens is 419 g/mol. The fraction of sp³-hybridized carbons (Fsp3) is 0.304. The third-order valence-electron chi connectivity index (χ3n) is 6.22. The lowest BCUT2D eigenvalue weighted by Crippen LogP contribution is -2.47. The van der Waals surface area contributed by atoms with Crippen molar-refractivity contribution >= 4 is 11.7 Å². The van der Waals surface area contributed by atoms with Gasteiger partial charge in [0.25, 0.3) is 5.91 Å². The van der Waals surface area contributed by atoms with Gasteiger partial charge in [0.2, 0.25) is 0 Å². The minimum atomic E-state index is -4.42. The van der Waals surface area contributed by atoms with Gasteiger partial charge in [0.1, 0.15) is 5.82 Å². The number of nitrogens with zero attached hydrogens (tertiary/aromatic N) is 4. The summed E-state index contributed by atoms with van der Waals surface area (Å²) in [7, 11) is 0. The lowest BCUT2D eigenvalue weighted by Gasteiger charge is -2.34. The molecule has 1 saturated heterocycles. The molecule has 1 N–H and O–H groups in total. The molecule has 1 aromatic carbocycles. The van der Waals surface area contributed by atoms with Gasteiger partial charge in [-0.25, -0.2) is 4.98 Å². The minimum absolute atomic E-state index is 0.0415. The summed E-state index contributed by atoms with van der Waals surface area (Å²) in [6, 6.07) is 11.5. The summed E-state index contributed by atoms with van der Waals surface area (Å²) in [4.78, 5) is 19.3. The second kappa shape index (κ2) is 7.89. The van der Waals surface area contributed by atoms with E-state index in [-0.39, 0.29) is 18.0 Å². The molecule has 0 spiro atoms. The van der Waals surface area contributed by atoms with E-state index >= 15 is 0 Å². The van der Waals surface area contributed by atoms with Crippen LogP contribution in [0.5, 0.6) is 0 Å². The van der Waals surface area contributed by atoms with Crippen molar-refractivity contribution in [2.75, 3.05) is 11.9 Å². The monoisotopic (exact) mass is 439 g/mol. The Labute approximate surface area is 182 Å². The molecule has 3 atom stereocenters. The Morgan fingerprint density at radius 3 is 2.56 bits per heavy atom. The predicted molar refractivity (Wildman–Crippen MR) is 112 cm³/mol. The van der Waals surface area contributed by atoms with Crippen LogP contribution >= 0.6 is 0 Å². The molecule has 5 rings (SSSR count). The molecule has 1 aliphatic heterocycles. The highest BCUT2D eigenvalue weighted by molar-refractivity contribution is 6.01. The molecule has 32 heavy (non-hydrogen) atoms. The maximum Gasteiger partial charge on any atom is 0.417 e. The molecular formula is C23H20F3N5O. The van der Waals surface area contributed by atoms with E-state index < -0.39 is 11.7 Å². The number of rotatable bonds is 4. The van der Waals surface area contributed by atoms with E-state index in [1.54, 1.807) is 12.4 Å². The highest BCUT2D eigenvalue weighted by atomic mass is 19.4. The van der Waals surface area contributed by atoms with Crippen LogP contribution < -0.4 is 5.32 Å². The van der Waals surface area contributed by atoms with Crippen molar-refractivity contribution < 1.29 is 18.0 Å². The number of hydrogen-bond acceptors (Lipinski definition) is 5. The zero-order chi connectivity index (χ0) is 22.3. The number of likely N-dealkylation sites (tertiary alicyclic amines) is 1. The largest absolute Gasteiger partial charge is 0.417 e. The maximum atomic E-state index is 13.5. The van der Waals surface area contributed by atoms with E-state index in [0.29, 0.717) is 23.8 Å². The van der Waals surface area contributed by atoms with Crippen LogP contribution in [0.1, 0.15) is 28.8 Å².